The van der Waals surface area contributed by atoms with Crippen molar-refractivity contribution >= 4 is 5.97 Å². The lowest BCUT2D eigenvalue weighted by molar-refractivity contribution is -0.147. The number of ether oxygens (including phenoxy) is 2. The van der Waals surface area contributed by atoms with Gasteiger partial charge in [-0.2, -0.15) is 0 Å². The van der Waals surface area contributed by atoms with Crippen LogP contribution in [0.4, 0.5) is 0 Å². The van der Waals surface area contributed by atoms with Crippen molar-refractivity contribution in [3.05, 3.63) is 23.8 Å². The summed E-state index contributed by atoms with van der Waals surface area (Å²) in [5, 5.41) is 9.45. The summed E-state index contributed by atoms with van der Waals surface area (Å²) >= 11 is 0. The fraction of sp³-hybridized carbons (Fsp3) is 0.500. The molecule has 3 N–H and O–H groups in total. The van der Waals surface area contributed by atoms with Crippen LogP contribution in [-0.4, -0.2) is 24.2 Å². The number of phenols is 1. The van der Waals surface area contributed by atoms with E-state index in [0.717, 1.165) is 12.0 Å². The van der Waals surface area contributed by atoms with E-state index in [1.807, 2.05) is 13.8 Å². The molecule has 1 aromatic rings. The van der Waals surface area contributed by atoms with Gasteiger partial charge in [-0.25, -0.2) is 0 Å². The van der Waals surface area contributed by atoms with Crippen molar-refractivity contribution in [1.82, 2.24) is 0 Å². The SMILES string of the molecule is CC[C@H](C)[C@H](N)C(=O)OCc1ccc(O)c(OC)c1. The predicted molar refractivity (Wildman–Crippen MR) is 71.9 cm³/mol. The molecule has 0 aliphatic rings. The molecular weight excluding hydrogens is 246 g/mol. The third-order valence-electron chi connectivity index (χ3n) is 3.15. The van der Waals surface area contributed by atoms with Crippen LogP contribution in [-0.2, 0) is 16.1 Å². The summed E-state index contributed by atoms with van der Waals surface area (Å²) < 4.78 is 10.1. The molecule has 5 nitrogen and oxygen atoms in total. The fourth-order valence-corrected chi connectivity index (χ4v) is 1.55. The van der Waals surface area contributed by atoms with Gasteiger partial charge < -0.3 is 20.3 Å². The zero-order valence-electron chi connectivity index (χ0n) is 11.6. The Morgan fingerprint density at radius 2 is 2.16 bits per heavy atom. The van der Waals surface area contributed by atoms with Gasteiger partial charge in [-0.05, 0) is 23.6 Å². The number of rotatable bonds is 6. The van der Waals surface area contributed by atoms with Gasteiger partial charge >= 0.3 is 5.97 Å². The Morgan fingerprint density at radius 3 is 2.74 bits per heavy atom. The Bertz CT molecular complexity index is 433. The first kappa shape index (κ1) is 15.3. The number of carbonyl (C=O) groups excluding carboxylic acids is 1. The maximum absolute atomic E-state index is 11.7. The first-order valence-corrected chi connectivity index (χ1v) is 6.27. The summed E-state index contributed by atoms with van der Waals surface area (Å²) in [5.41, 5.74) is 6.51. The lowest BCUT2D eigenvalue weighted by Crippen LogP contribution is -2.37. The minimum absolute atomic E-state index is 0.0499. The summed E-state index contributed by atoms with van der Waals surface area (Å²) in [7, 11) is 1.46. The number of nitrogens with two attached hydrogens (primary N) is 1. The number of hydrogen-bond donors (Lipinski definition) is 2. The molecule has 0 amide bonds. The maximum atomic E-state index is 11.7. The highest BCUT2D eigenvalue weighted by Gasteiger charge is 2.20. The molecule has 5 heteroatoms. The van der Waals surface area contributed by atoms with Crippen LogP contribution in [0.15, 0.2) is 18.2 Å². The van der Waals surface area contributed by atoms with Crippen LogP contribution >= 0.6 is 0 Å². The molecule has 106 valence electrons. The minimum atomic E-state index is -0.607. The topological polar surface area (TPSA) is 81.8 Å². The van der Waals surface area contributed by atoms with E-state index in [2.05, 4.69) is 0 Å². The Balaban J connectivity index is 2.59. The number of hydrogen-bond acceptors (Lipinski definition) is 5. The van der Waals surface area contributed by atoms with Crippen LogP contribution in [0.5, 0.6) is 11.5 Å². The Kier molecular flexibility index (Phi) is 5.63. The quantitative estimate of drug-likeness (QED) is 0.768. The van der Waals surface area contributed by atoms with Crippen molar-refractivity contribution in [3.63, 3.8) is 0 Å². The lowest BCUT2D eigenvalue weighted by atomic mass is 10.0. The standard InChI is InChI=1S/C14H21NO4/c1-4-9(2)13(15)14(17)19-8-10-5-6-11(16)12(7-10)18-3/h5-7,9,13,16H,4,8,15H2,1-3H3/t9-,13-/m0/s1. The van der Waals surface area contributed by atoms with Crippen molar-refractivity contribution in [3.8, 4) is 11.5 Å². The van der Waals surface area contributed by atoms with E-state index >= 15 is 0 Å². The van der Waals surface area contributed by atoms with Gasteiger partial charge in [0.15, 0.2) is 11.5 Å². The van der Waals surface area contributed by atoms with Crippen LogP contribution in [0.25, 0.3) is 0 Å². The smallest absolute Gasteiger partial charge is 0.323 e. The van der Waals surface area contributed by atoms with Gasteiger partial charge in [0.25, 0.3) is 0 Å². The zero-order valence-corrected chi connectivity index (χ0v) is 11.6. The molecule has 0 saturated carbocycles. The summed E-state index contributed by atoms with van der Waals surface area (Å²) in [5.74, 6) is 0.0666. The molecule has 0 aliphatic carbocycles. The monoisotopic (exact) mass is 267 g/mol. The van der Waals surface area contributed by atoms with E-state index in [1.165, 1.54) is 13.2 Å². The molecule has 0 aliphatic heterocycles. The predicted octanol–water partition coefficient (Wildman–Crippen LogP) is 1.82. The van der Waals surface area contributed by atoms with E-state index in [4.69, 9.17) is 15.2 Å². The number of carbonyl (C=O) groups is 1. The maximum Gasteiger partial charge on any atom is 0.323 e. The van der Waals surface area contributed by atoms with Crippen molar-refractivity contribution in [2.45, 2.75) is 32.9 Å². The van der Waals surface area contributed by atoms with Crippen molar-refractivity contribution in [2.24, 2.45) is 11.7 Å². The average molecular weight is 267 g/mol. The van der Waals surface area contributed by atoms with Gasteiger partial charge in [0.2, 0.25) is 0 Å². The third kappa shape index (κ3) is 4.13. The lowest BCUT2D eigenvalue weighted by Gasteiger charge is -2.17. The molecule has 0 radical (unpaired) electrons. The molecule has 0 saturated heterocycles. The highest BCUT2D eigenvalue weighted by molar-refractivity contribution is 5.75. The van der Waals surface area contributed by atoms with Gasteiger partial charge in [-0.3, -0.25) is 4.79 Å². The van der Waals surface area contributed by atoms with Crippen LogP contribution in [0.3, 0.4) is 0 Å². The molecule has 2 atom stereocenters. The number of aromatic hydroxyl groups is 1. The summed E-state index contributed by atoms with van der Waals surface area (Å²) in [6.45, 7) is 4.00. The van der Waals surface area contributed by atoms with Gasteiger partial charge in [0.1, 0.15) is 12.6 Å². The normalized spacial score (nSPS) is 13.7. The molecule has 0 aromatic heterocycles. The van der Waals surface area contributed by atoms with E-state index in [-0.39, 0.29) is 18.3 Å². The first-order valence-electron chi connectivity index (χ1n) is 6.27. The number of methoxy groups -OCH3 is 1. The van der Waals surface area contributed by atoms with Gasteiger partial charge in [-0.1, -0.05) is 26.3 Å². The Morgan fingerprint density at radius 1 is 1.47 bits per heavy atom. The van der Waals surface area contributed by atoms with E-state index in [9.17, 15) is 9.90 Å². The largest absolute Gasteiger partial charge is 0.504 e. The highest BCUT2D eigenvalue weighted by atomic mass is 16.5. The second kappa shape index (κ2) is 6.99. The van der Waals surface area contributed by atoms with E-state index in [0.29, 0.717) is 5.75 Å². The second-order valence-electron chi connectivity index (χ2n) is 4.53. The average Bonchev–Trinajstić information content (AvgIpc) is 2.44. The van der Waals surface area contributed by atoms with Crippen molar-refractivity contribution < 1.29 is 19.4 Å². The number of benzene rings is 1. The molecule has 0 bridgehead atoms. The van der Waals surface area contributed by atoms with Crippen LogP contribution in [0.1, 0.15) is 25.8 Å². The molecule has 0 unspecified atom stereocenters. The van der Waals surface area contributed by atoms with E-state index in [1.54, 1.807) is 12.1 Å². The Hall–Kier alpha value is -1.75. The third-order valence-corrected chi connectivity index (χ3v) is 3.15. The van der Waals surface area contributed by atoms with Crippen molar-refractivity contribution in [1.29, 1.82) is 0 Å². The molecular formula is C14H21NO4. The minimum Gasteiger partial charge on any atom is -0.504 e. The van der Waals surface area contributed by atoms with Gasteiger partial charge in [-0.15, -0.1) is 0 Å². The molecule has 0 fully saturated rings. The molecule has 0 heterocycles. The molecule has 19 heavy (non-hydrogen) atoms. The van der Waals surface area contributed by atoms with Gasteiger partial charge in [0, 0.05) is 0 Å². The fourth-order valence-electron chi connectivity index (χ4n) is 1.55. The first-order chi connectivity index (χ1) is 8.99. The number of phenolic OH excluding ortho intramolecular Hbond substituents is 1. The Labute approximate surface area is 113 Å². The highest BCUT2D eigenvalue weighted by Crippen LogP contribution is 2.26. The molecule has 1 aromatic carbocycles. The van der Waals surface area contributed by atoms with Crippen LogP contribution in [0.2, 0.25) is 0 Å². The summed E-state index contributed by atoms with van der Waals surface area (Å²) in [4.78, 5) is 11.7. The van der Waals surface area contributed by atoms with Crippen molar-refractivity contribution in [2.75, 3.05) is 7.11 Å². The number of esters is 1. The molecule has 0 spiro atoms. The second-order valence-corrected chi connectivity index (χ2v) is 4.53. The molecule has 1 rings (SSSR count). The van der Waals surface area contributed by atoms with E-state index < -0.39 is 12.0 Å². The zero-order chi connectivity index (χ0) is 14.4. The van der Waals surface area contributed by atoms with Crippen LogP contribution in [0, 0.1) is 5.92 Å². The van der Waals surface area contributed by atoms with Crippen LogP contribution < -0.4 is 10.5 Å². The van der Waals surface area contributed by atoms with Gasteiger partial charge in [0.05, 0.1) is 7.11 Å². The summed E-state index contributed by atoms with van der Waals surface area (Å²) in [6, 6.07) is 4.18. The summed E-state index contributed by atoms with van der Waals surface area (Å²) in [6.07, 6.45) is 0.823.